The molecule has 1 fully saturated rings. The van der Waals surface area contributed by atoms with Crippen molar-refractivity contribution < 1.29 is 9.53 Å². The zero-order chi connectivity index (χ0) is 15.5. The number of hydrogen-bond donors (Lipinski definition) is 1. The third-order valence-electron chi connectivity index (χ3n) is 3.87. The van der Waals surface area contributed by atoms with Gasteiger partial charge in [-0.3, -0.25) is 5.32 Å². The quantitative estimate of drug-likeness (QED) is 0.936. The Morgan fingerprint density at radius 2 is 2.18 bits per heavy atom. The number of benzene rings is 1. The van der Waals surface area contributed by atoms with E-state index in [1.165, 1.54) is 11.5 Å². The van der Waals surface area contributed by atoms with E-state index >= 15 is 0 Å². The Morgan fingerprint density at radius 3 is 2.82 bits per heavy atom. The van der Waals surface area contributed by atoms with E-state index in [1.54, 1.807) is 7.11 Å². The molecule has 0 radical (unpaired) electrons. The smallest absolute Gasteiger partial charge is 0.323 e. The van der Waals surface area contributed by atoms with Gasteiger partial charge in [0.05, 0.1) is 18.8 Å². The first-order valence-electron chi connectivity index (χ1n) is 7.32. The van der Waals surface area contributed by atoms with Crippen molar-refractivity contribution in [2.75, 3.05) is 19.0 Å². The van der Waals surface area contributed by atoms with Gasteiger partial charge in [0.15, 0.2) is 0 Å². The van der Waals surface area contributed by atoms with Gasteiger partial charge in [-0.25, -0.2) is 4.79 Å². The number of carbonyl (C=O) groups excluding carboxylic acids is 1. The summed E-state index contributed by atoms with van der Waals surface area (Å²) in [6, 6.07) is 9.91. The number of methoxy groups -OCH3 is 1. The van der Waals surface area contributed by atoms with Crippen LogP contribution in [-0.4, -0.2) is 29.0 Å². The van der Waals surface area contributed by atoms with E-state index in [-0.39, 0.29) is 12.1 Å². The molecule has 0 unspecified atom stereocenters. The molecule has 0 bridgehead atoms. The van der Waals surface area contributed by atoms with Crippen LogP contribution in [0.2, 0.25) is 0 Å². The molecular weight excluding hydrogens is 298 g/mol. The van der Waals surface area contributed by atoms with Gasteiger partial charge in [0.25, 0.3) is 0 Å². The first kappa shape index (κ1) is 14.8. The van der Waals surface area contributed by atoms with Crippen LogP contribution in [0.1, 0.15) is 30.1 Å². The van der Waals surface area contributed by atoms with Gasteiger partial charge in [-0.05, 0) is 55.1 Å². The second-order valence-corrected chi connectivity index (χ2v) is 6.19. The number of nitrogens with zero attached hydrogens (tertiary/aromatic N) is 2. The lowest BCUT2D eigenvalue weighted by Gasteiger charge is -2.25. The number of likely N-dealkylation sites (tertiary alicyclic amines) is 1. The molecular formula is C16H19N3O2S. The Balaban J connectivity index is 1.72. The van der Waals surface area contributed by atoms with Crippen molar-refractivity contribution in [3.63, 3.8) is 0 Å². The standard InChI is InChI=1S/C16H19N3O2S/c1-11-10-15(22-18-11)17-16(20)19-9-3-4-14(19)12-5-7-13(21-2)8-6-12/h5-8,10,14H,3-4,9H2,1-2H3,(H,17,20)/t14-/m0/s1. The Morgan fingerprint density at radius 1 is 1.41 bits per heavy atom. The minimum atomic E-state index is -0.0537. The number of aromatic nitrogens is 1. The summed E-state index contributed by atoms with van der Waals surface area (Å²) in [7, 11) is 1.65. The van der Waals surface area contributed by atoms with Crippen molar-refractivity contribution in [1.82, 2.24) is 9.27 Å². The van der Waals surface area contributed by atoms with Crippen molar-refractivity contribution in [2.24, 2.45) is 0 Å². The largest absolute Gasteiger partial charge is 0.497 e. The number of ether oxygens (including phenoxy) is 1. The average molecular weight is 317 g/mol. The van der Waals surface area contributed by atoms with Gasteiger partial charge in [0.2, 0.25) is 0 Å². The zero-order valence-electron chi connectivity index (χ0n) is 12.7. The molecule has 2 amide bonds. The number of carbonyl (C=O) groups is 1. The van der Waals surface area contributed by atoms with Crippen molar-refractivity contribution in [3.8, 4) is 5.75 Å². The van der Waals surface area contributed by atoms with Gasteiger partial charge in [-0.2, -0.15) is 4.37 Å². The molecule has 6 heteroatoms. The second kappa shape index (κ2) is 6.36. The summed E-state index contributed by atoms with van der Waals surface area (Å²) in [5, 5.41) is 3.74. The lowest BCUT2D eigenvalue weighted by Crippen LogP contribution is -2.34. The number of hydrogen-bond acceptors (Lipinski definition) is 4. The molecule has 0 spiro atoms. The second-order valence-electron chi connectivity index (χ2n) is 5.39. The maximum Gasteiger partial charge on any atom is 0.323 e. The van der Waals surface area contributed by atoms with E-state index in [2.05, 4.69) is 9.69 Å². The van der Waals surface area contributed by atoms with E-state index in [0.29, 0.717) is 0 Å². The predicted molar refractivity (Wildman–Crippen MR) is 87.5 cm³/mol. The van der Waals surface area contributed by atoms with Crippen LogP contribution in [0.3, 0.4) is 0 Å². The highest BCUT2D eigenvalue weighted by Crippen LogP contribution is 2.33. The lowest BCUT2D eigenvalue weighted by atomic mass is 10.0. The molecule has 1 N–H and O–H groups in total. The molecule has 116 valence electrons. The van der Waals surface area contributed by atoms with Crippen LogP contribution in [0.15, 0.2) is 30.3 Å². The van der Waals surface area contributed by atoms with Crippen LogP contribution < -0.4 is 10.1 Å². The van der Waals surface area contributed by atoms with Crippen molar-refractivity contribution >= 4 is 22.6 Å². The lowest BCUT2D eigenvalue weighted by molar-refractivity contribution is 0.207. The first-order valence-corrected chi connectivity index (χ1v) is 8.09. The number of rotatable bonds is 3. The van der Waals surface area contributed by atoms with Crippen LogP contribution in [0, 0.1) is 6.92 Å². The molecule has 1 atom stereocenters. The van der Waals surface area contributed by atoms with E-state index < -0.39 is 0 Å². The fraction of sp³-hybridized carbons (Fsp3) is 0.375. The van der Waals surface area contributed by atoms with Crippen LogP contribution in [0.25, 0.3) is 0 Å². The fourth-order valence-corrected chi connectivity index (χ4v) is 3.43. The van der Waals surface area contributed by atoms with Crippen molar-refractivity contribution in [3.05, 3.63) is 41.6 Å². The minimum Gasteiger partial charge on any atom is -0.497 e. The van der Waals surface area contributed by atoms with Gasteiger partial charge in [-0.1, -0.05) is 12.1 Å². The predicted octanol–water partition coefficient (Wildman–Crippen LogP) is 3.83. The number of anilines is 1. The highest BCUT2D eigenvalue weighted by atomic mass is 32.1. The first-order chi connectivity index (χ1) is 10.7. The van der Waals surface area contributed by atoms with Gasteiger partial charge < -0.3 is 9.64 Å². The van der Waals surface area contributed by atoms with Crippen LogP contribution in [-0.2, 0) is 0 Å². The Hall–Kier alpha value is -2.08. The topological polar surface area (TPSA) is 54.5 Å². The van der Waals surface area contributed by atoms with Crippen LogP contribution in [0.5, 0.6) is 5.75 Å². The number of nitrogens with one attached hydrogen (secondary N) is 1. The summed E-state index contributed by atoms with van der Waals surface area (Å²) < 4.78 is 9.38. The normalized spacial score (nSPS) is 17.5. The Labute approximate surface area is 134 Å². The highest BCUT2D eigenvalue weighted by Gasteiger charge is 2.30. The Bertz CT molecular complexity index is 654. The molecule has 1 aliphatic heterocycles. The Kier molecular flexibility index (Phi) is 4.29. The van der Waals surface area contributed by atoms with Gasteiger partial charge in [-0.15, -0.1) is 0 Å². The SMILES string of the molecule is COc1ccc([C@@H]2CCCN2C(=O)Nc2cc(C)ns2)cc1. The molecule has 2 heterocycles. The molecule has 3 rings (SSSR count). The third-order valence-corrected chi connectivity index (χ3v) is 4.67. The summed E-state index contributed by atoms with van der Waals surface area (Å²) in [6.45, 7) is 2.70. The van der Waals surface area contributed by atoms with Crippen LogP contribution in [0.4, 0.5) is 9.80 Å². The van der Waals surface area contributed by atoms with E-state index in [9.17, 15) is 4.79 Å². The van der Waals surface area contributed by atoms with E-state index in [4.69, 9.17) is 4.74 Å². The highest BCUT2D eigenvalue weighted by molar-refractivity contribution is 7.10. The summed E-state index contributed by atoms with van der Waals surface area (Å²) >= 11 is 1.31. The molecule has 5 nitrogen and oxygen atoms in total. The molecule has 1 saturated heterocycles. The monoisotopic (exact) mass is 317 g/mol. The maximum absolute atomic E-state index is 12.5. The van der Waals surface area contributed by atoms with Gasteiger partial charge >= 0.3 is 6.03 Å². The summed E-state index contributed by atoms with van der Waals surface area (Å²) in [6.07, 6.45) is 2.01. The maximum atomic E-state index is 12.5. The minimum absolute atomic E-state index is 0.0537. The average Bonchev–Trinajstić information content (AvgIpc) is 3.16. The van der Waals surface area contributed by atoms with Crippen molar-refractivity contribution in [2.45, 2.75) is 25.8 Å². The van der Waals surface area contributed by atoms with Gasteiger partial charge in [0, 0.05) is 6.54 Å². The molecule has 2 aromatic rings. The third kappa shape index (κ3) is 3.06. The molecule has 1 aromatic carbocycles. The van der Waals surface area contributed by atoms with Crippen molar-refractivity contribution in [1.29, 1.82) is 0 Å². The fourth-order valence-electron chi connectivity index (χ4n) is 2.78. The molecule has 0 aliphatic carbocycles. The summed E-state index contributed by atoms with van der Waals surface area (Å²) in [4.78, 5) is 14.4. The molecule has 0 saturated carbocycles. The van der Waals surface area contributed by atoms with E-state index in [1.807, 2.05) is 42.2 Å². The van der Waals surface area contributed by atoms with E-state index in [0.717, 1.165) is 41.4 Å². The number of amides is 2. The number of aryl methyl sites for hydroxylation is 1. The van der Waals surface area contributed by atoms with Gasteiger partial charge in [0.1, 0.15) is 10.8 Å². The zero-order valence-corrected chi connectivity index (χ0v) is 13.5. The van der Waals surface area contributed by atoms with Crippen LogP contribution >= 0.6 is 11.5 Å². The summed E-state index contributed by atoms with van der Waals surface area (Å²) in [5.74, 6) is 0.831. The molecule has 22 heavy (non-hydrogen) atoms. The summed E-state index contributed by atoms with van der Waals surface area (Å²) in [5.41, 5.74) is 2.07. The number of urea groups is 1. The molecule has 1 aromatic heterocycles. The molecule has 1 aliphatic rings.